The van der Waals surface area contributed by atoms with Gasteiger partial charge >= 0.3 is 0 Å². The smallest absolute Gasteiger partial charge is 0.146 e. The highest BCUT2D eigenvalue weighted by molar-refractivity contribution is 5.50. The predicted molar refractivity (Wildman–Crippen MR) is 71.3 cm³/mol. The fourth-order valence-corrected chi connectivity index (χ4v) is 2.31. The third-order valence-corrected chi connectivity index (χ3v) is 3.75. The van der Waals surface area contributed by atoms with E-state index in [4.69, 9.17) is 0 Å². The Morgan fingerprint density at radius 3 is 2.67 bits per heavy atom. The maximum atomic E-state index is 14.1. The number of piperazine rings is 1. The van der Waals surface area contributed by atoms with Gasteiger partial charge < -0.3 is 14.9 Å². The molecule has 1 aromatic carbocycles. The van der Waals surface area contributed by atoms with E-state index in [1.165, 1.54) is 6.07 Å². The number of halogens is 1. The Bertz CT molecular complexity index is 422. The molecule has 1 fully saturated rings. The summed E-state index contributed by atoms with van der Waals surface area (Å²) in [5, 5.41) is 9.44. The van der Waals surface area contributed by atoms with Crippen LogP contribution in [0.2, 0.25) is 0 Å². The van der Waals surface area contributed by atoms with Crippen molar-refractivity contribution in [3.63, 3.8) is 0 Å². The minimum Gasteiger partial charge on any atom is -0.389 e. The molecule has 1 saturated heterocycles. The highest BCUT2D eigenvalue weighted by Crippen LogP contribution is 2.25. The number of nitrogens with zero attached hydrogens (tertiary/aromatic N) is 2. The minimum absolute atomic E-state index is 0.245. The zero-order valence-electron chi connectivity index (χ0n) is 11.2. The lowest BCUT2D eigenvalue weighted by atomic mass is 10.1. The van der Waals surface area contributed by atoms with Gasteiger partial charge in [0.15, 0.2) is 0 Å². The lowest BCUT2D eigenvalue weighted by Gasteiger charge is -2.39. The molecule has 1 aliphatic heterocycles. The first-order chi connectivity index (χ1) is 8.49. The van der Waals surface area contributed by atoms with Gasteiger partial charge in [0.05, 0.1) is 11.8 Å². The van der Waals surface area contributed by atoms with Crippen molar-refractivity contribution in [1.82, 2.24) is 4.90 Å². The first kappa shape index (κ1) is 13.3. The van der Waals surface area contributed by atoms with Crippen LogP contribution in [0.1, 0.15) is 25.5 Å². The highest BCUT2D eigenvalue weighted by Gasteiger charge is 2.22. The molecule has 3 nitrogen and oxygen atoms in total. The quantitative estimate of drug-likeness (QED) is 0.872. The third kappa shape index (κ3) is 2.65. The Morgan fingerprint density at radius 2 is 2.11 bits per heavy atom. The molecule has 0 aliphatic carbocycles. The normalized spacial score (nSPS) is 23.2. The Labute approximate surface area is 108 Å². The zero-order chi connectivity index (χ0) is 13.3. The lowest BCUT2D eigenvalue weighted by Crippen LogP contribution is -2.50. The second kappa shape index (κ2) is 5.24. The lowest BCUT2D eigenvalue weighted by molar-refractivity contribution is 0.198. The fourth-order valence-electron chi connectivity index (χ4n) is 2.31. The average molecular weight is 252 g/mol. The van der Waals surface area contributed by atoms with Crippen LogP contribution < -0.4 is 4.90 Å². The van der Waals surface area contributed by atoms with Crippen molar-refractivity contribution in [3.8, 4) is 0 Å². The van der Waals surface area contributed by atoms with Crippen LogP contribution in [0.4, 0.5) is 10.1 Å². The maximum absolute atomic E-state index is 14.1. The molecule has 0 spiro atoms. The summed E-state index contributed by atoms with van der Waals surface area (Å²) in [6, 6.07) is 5.43. The summed E-state index contributed by atoms with van der Waals surface area (Å²) in [5.41, 5.74) is 1.26. The van der Waals surface area contributed by atoms with Gasteiger partial charge in [-0.25, -0.2) is 4.39 Å². The van der Waals surface area contributed by atoms with Crippen LogP contribution in [-0.2, 0) is 0 Å². The van der Waals surface area contributed by atoms with Gasteiger partial charge in [-0.3, -0.25) is 0 Å². The number of aliphatic hydroxyl groups excluding tert-OH is 1. The van der Waals surface area contributed by atoms with Crippen LogP contribution in [0, 0.1) is 5.82 Å². The predicted octanol–water partition coefficient (Wildman–Crippen LogP) is 2.02. The number of hydrogen-bond donors (Lipinski definition) is 1. The van der Waals surface area contributed by atoms with E-state index in [0.717, 1.165) is 19.6 Å². The number of aliphatic hydroxyl groups is 1. The van der Waals surface area contributed by atoms with Gasteiger partial charge in [0.2, 0.25) is 0 Å². The molecular formula is C14H21FN2O. The van der Waals surface area contributed by atoms with Crippen molar-refractivity contribution in [2.75, 3.05) is 31.6 Å². The van der Waals surface area contributed by atoms with Gasteiger partial charge in [-0.1, -0.05) is 6.07 Å². The van der Waals surface area contributed by atoms with Crippen molar-refractivity contribution in [2.24, 2.45) is 0 Å². The van der Waals surface area contributed by atoms with Crippen molar-refractivity contribution >= 4 is 5.69 Å². The molecule has 18 heavy (non-hydrogen) atoms. The molecule has 0 bridgehead atoms. The number of likely N-dealkylation sites (N-methyl/N-ethyl adjacent to an activating group) is 1. The van der Waals surface area contributed by atoms with E-state index >= 15 is 0 Å². The van der Waals surface area contributed by atoms with Crippen LogP contribution in [0.3, 0.4) is 0 Å². The number of anilines is 1. The molecule has 1 heterocycles. The monoisotopic (exact) mass is 252 g/mol. The molecule has 2 atom stereocenters. The summed E-state index contributed by atoms with van der Waals surface area (Å²) < 4.78 is 14.1. The van der Waals surface area contributed by atoms with Crippen molar-refractivity contribution < 1.29 is 9.50 Å². The summed E-state index contributed by atoms with van der Waals surface area (Å²) in [7, 11) is 2.09. The number of benzene rings is 1. The summed E-state index contributed by atoms with van der Waals surface area (Å²) in [5.74, 6) is -0.245. The molecule has 1 N–H and O–H groups in total. The summed E-state index contributed by atoms with van der Waals surface area (Å²) in [6.07, 6.45) is -0.625. The van der Waals surface area contributed by atoms with Crippen molar-refractivity contribution in [3.05, 3.63) is 29.6 Å². The largest absolute Gasteiger partial charge is 0.389 e. The molecule has 1 aliphatic rings. The highest BCUT2D eigenvalue weighted by atomic mass is 19.1. The van der Waals surface area contributed by atoms with Gasteiger partial charge in [-0.15, -0.1) is 0 Å². The molecule has 0 radical (unpaired) electrons. The SMILES string of the molecule is CC(O)c1ccc(N2CCN(C)C(C)C2)c(F)c1. The summed E-state index contributed by atoms with van der Waals surface area (Å²) in [4.78, 5) is 4.35. The molecule has 4 heteroatoms. The Balaban J connectivity index is 2.19. The van der Waals surface area contributed by atoms with Gasteiger partial charge in [0, 0.05) is 25.7 Å². The number of hydrogen-bond acceptors (Lipinski definition) is 3. The zero-order valence-corrected chi connectivity index (χ0v) is 11.2. The van der Waals surface area contributed by atoms with E-state index in [2.05, 4.69) is 23.8 Å². The molecule has 0 aromatic heterocycles. The first-order valence-electron chi connectivity index (χ1n) is 6.41. The minimum atomic E-state index is -0.625. The van der Waals surface area contributed by atoms with Crippen molar-refractivity contribution in [1.29, 1.82) is 0 Å². The molecule has 2 rings (SSSR count). The summed E-state index contributed by atoms with van der Waals surface area (Å²) >= 11 is 0. The van der Waals surface area contributed by atoms with E-state index in [0.29, 0.717) is 17.3 Å². The fraction of sp³-hybridized carbons (Fsp3) is 0.571. The van der Waals surface area contributed by atoms with Gasteiger partial charge in [-0.05, 0) is 38.6 Å². The molecular weight excluding hydrogens is 231 g/mol. The van der Waals surface area contributed by atoms with Crippen LogP contribution in [0.5, 0.6) is 0 Å². The molecule has 1 aromatic rings. The number of rotatable bonds is 2. The third-order valence-electron chi connectivity index (χ3n) is 3.75. The summed E-state index contributed by atoms with van der Waals surface area (Å²) in [6.45, 7) is 6.41. The molecule has 0 amide bonds. The Hall–Kier alpha value is -1.13. The van der Waals surface area contributed by atoms with Crippen LogP contribution in [0.15, 0.2) is 18.2 Å². The standard InChI is InChI=1S/C14H21FN2O/c1-10-9-17(7-6-16(10)3)14-5-4-12(11(2)18)8-13(14)15/h4-5,8,10-11,18H,6-7,9H2,1-3H3. The van der Waals surface area contributed by atoms with Crippen LogP contribution in [0.25, 0.3) is 0 Å². The second-order valence-corrected chi connectivity index (χ2v) is 5.16. The first-order valence-corrected chi connectivity index (χ1v) is 6.41. The van der Waals surface area contributed by atoms with E-state index in [1.807, 2.05) is 0 Å². The molecule has 0 saturated carbocycles. The second-order valence-electron chi connectivity index (χ2n) is 5.16. The van der Waals surface area contributed by atoms with Gasteiger partial charge in [-0.2, -0.15) is 0 Å². The van der Waals surface area contributed by atoms with Gasteiger partial charge in [0.1, 0.15) is 5.82 Å². The van der Waals surface area contributed by atoms with Crippen molar-refractivity contribution in [2.45, 2.75) is 26.0 Å². The van der Waals surface area contributed by atoms with Gasteiger partial charge in [0.25, 0.3) is 0 Å². The van der Waals surface area contributed by atoms with E-state index in [1.54, 1.807) is 19.1 Å². The Kier molecular flexibility index (Phi) is 3.88. The van der Waals surface area contributed by atoms with E-state index in [-0.39, 0.29) is 5.82 Å². The average Bonchev–Trinajstić information content (AvgIpc) is 2.32. The topological polar surface area (TPSA) is 26.7 Å². The van der Waals surface area contributed by atoms with Crippen LogP contribution >= 0.6 is 0 Å². The molecule has 2 unspecified atom stereocenters. The van der Waals surface area contributed by atoms with Crippen LogP contribution in [-0.4, -0.2) is 42.7 Å². The maximum Gasteiger partial charge on any atom is 0.146 e. The van der Waals surface area contributed by atoms with E-state index < -0.39 is 6.10 Å². The van der Waals surface area contributed by atoms with E-state index in [9.17, 15) is 9.50 Å². The molecule has 100 valence electrons. The Morgan fingerprint density at radius 1 is 1.39 bits per heavy atom.